The molecule has 6 nitrogen and oxygen atoms in total. The van der Waals surface area contributed by atoms with Gasteiger partial charge in [-0.1, -0.05) is 31.2 Å². The van der Waals surface area contributed by atoms with Gasteiger partial charge in [-0.05, 0) is 53.9 Å². The molecule has 1 amide bonds. The van der Waals surface area contributed by atoms with E-state index in [2.05, 4.69) is 6.92 Å². The van der Waals surface area contributed by atoms with Gasteiger partial charge >= 0.3 is 0 Å². The third kappa shape index (κ3) is 3.84. The summed E-state index contributed by atoms with van der Waals surface area (Å²) in [5.41, 5.74) is 2.39. The molecule has 0 radical (unpaired) electrons. The number of likely N-dealkylation sites (tertiary alicyclic amines) is 1. The van der Waals surface area contributed by atoms with E-state index < -0.39 is 17.7 Å². The molecule has 1 aromatic heterocycles. The van der Waals surface area contributed by atoms with Crippen molar-refractivity contribution in [1.82, 2.24) is 4.90 Å². The highest BCUT2D eigenvalue weighted by atomic mass is 16.5. The molecule has 0 bridgehead atoms. The lowest BCUT2D eigenvalue weighted by atomic mass is 9.94. The number of aliphatic hydroxyl groups is 1. The van der Waals surface area contributed by atoms with Crippen molar-refractivity contribution in [3.63, 3.8) is 0 Å². The number of rotatable bonds is 6. The third-order valence-electron chi connectivity index (χ3n) is 5.51. The van der Waals surface area contributed by atoms with E-state index in [0.29, 0.717) is 17.1 Å². The fourth-order valence-corrected chi connectivity index (χ4v) is 3.80. The van der Waals surface area contributed by atoms with E-state index >= 15 is 0 Å². The van der Waals surface area contributed by atoms with Crippen molar-refractivity contribution in [3.8, 4) is 5.75 Å². The molecule has 4 rings (SSSR count). The molecule has 1 saturated heterocycles. The molecule has 1 atom stereocenters. The number of furan rings is 1. The molecule has 0 saturated carbocycles. The lowest BCUT2D eigenvalue weighted by Gasteiger charge is -2.24. The number of amides is 1. The van der Waals surface area contributed by atoms with Gasteiger partial charge in [0.25, 0.3) is 11.7 Å². The number of ketones is 1. The predicted molar refractivity (Wildman–Crippen MR) is 115 cm³/mol. The maximum atomic E-state index is 13.0. The van der Waals surface area contributed by atoms with Crippen LogP contribution < -0.4 is 4.74 Å². The lowest BCUT2D eigenvalue weighted by Crippen LogP contribution is -2.29. The van der Waals surface area contributed by atoms with E-state index in [9.17, 15) is 14.7 Å². The van der Waals surface area contributed by atoms with E-state index in [0.717, 1.165) is 17.5 Å². The highest BCUT2D eigenvalue weighted by Gasteiger charge is 2.46. The molecule has 3 aromatic rings. The van der Waals surface area contributed by atoms with Crippen LogP contribution in [0.3, 0.4) is 0 Å². The normalized spacial score (nSPS) is 17.9. The van der Waals surface area contributed by atoms with Crippen molar-refractivity contribution in [3.05, 3.63) is 95.0 Å². The van der Waals surface area contributed by atoms with Gasteiger partial charge in [-0.3, -0.25) is 9.59 Å². The molecule has 2 aromatic carbocycles. The molecular weight excluding hydrogens is 394 g/mol. The zero-order valence-corrected chi connectivity index (χ0v) is 17.4. The zero-order chi connectivity index (χ0) is 22.0. The summed E-state index contributed by atoms with van der Waals surface area (Å²) in [4.78, 5) is 27.4. The minimum Gasteiger partial charge on any atom is -0.507 e. The number of carbonyl (C=O) groups excluding carboxylic acids is 2. The average Bonchev–Trinajstić information content (AvgIpc) is 3.41. The van der Waals surface area contributed by atoms with Crippen LogP contribution in [0, 0.1) is 0 Å². The number of hydrogen-bond acceptors (Lipinski definition) is 5. The Hall–Kier alpha value is -3.80. The number of carbonyl (C=O) groups is 2. The van der Waals surface area contributed by atoms with Gasteiger partial charge in [0.1, 0.15) is 17.3 Å². The van der Waals surface area contributed by atoms with Crippen LogP contribution in [0.4, 0.5) is 0 Å². The maximum Gasteiger partial charge on any atom is 0.296 e. The lowest BCUT2D eigenvalue weighted by molar-refractivity contribution is -0.140. The molecule has 31 heavy (non-hydrogen) atoms. The molecule has 2 heterocycles. The number of aryl methyl sites for hydroxylation is 1. The van der Waals surface area contributed by atoms with E-state index in [1.807, 2.05) is 24.3 Å². The second-order valence-electron chi connectivity index (χ2n) is 7.33. The standard InChI is InChI=1S/C25H23NO5/c1-3-16-6-8-17(9-7-16)22-21(23(27)18-10-12-19(30-2)13-11-18)24(28)25(29)26(22)15-20-5-4-14-31-20/h4-14,22,27H,3,15H2,1-2H3/b23-21+/t22-/m1/s1. The number of ether oxygens (including phenoxy) is 1. The largest absolute Gasteiger partial charge is 0.507 e. The van der Waals surface area contributed by atoms with Gasteiger partial charge in [-0.15, -0.1) is 0 Å². The molecule has 1 aliphatic rings. The molecule has 0 spiro atoms. The fraction of sp³-hybridized carbons (Fsp3) is 0.200. The molecule has 0 unspecified atom stereocenters. The van der Waals surface area contributed by atoms with Crippen molar-refractivity contribution in [2.75, 3.05) is 7.11 Å². The van der Waals surface area contributed by atoms with Crippen LogP contribution in [-0.4, -0.2) is 28.8 Å². The quantitative estimate of drug-likeness (QED) is 0.364. The number of benzene rings is 2. The van der Waals surface area contributed by atoms with Crippen LogP contribution in [0.5, 0.6) is 5.75 Å². The first-order valence-corrected chi connectivity index (χ1v) is 10.1. The monoisotopic (exact) mass is 417 g/mol. The van der Waals surface area contributed by atoms with Crippen LogP contribution in [0.2, 0.25) is 0 Å². The predicted octanol–water partition coefficient (Wildman–Crippen LogP) is 4.47. The number of Topliss-reactive ketones (excluding diaryl/α,β-unsaturated/α-hetero) is 1. The molecule has 1 aliphatic heterocycles. The SMILES string of the molecule is CCc1ccc([C@@H]2/C(=C(\O)c3ccc(OC)cc3)C(=O)C(=O)N2Cc2ccco2)cc1. The Bertz CT molecular complexity index is 1110. The van der Waals surface area contributed by atoms with Crippen LogP contribution in [0.1, 0.15) is 35.4 Å². The van der Waals surface area contributed by atoms with E-state index in [4.69, 9.17) is 9.15 Å². The number of nitrogens with zero attached hydrogens (tertiary/aromatic N) is 1. The highest BCUT2D eigenvalue weighted by Crippen LogP contribution is 2.40. The Morgan fingerprint density at radius 2 is 1.77 bits per heavy atom. The fourth-order valence-electron chi connectivity index (χ4n) is 3.80. The van der Waals surface area contributed by atoms with Crippen molar-refractivity contribution in [2.45, 2.75) is 25.9 Å². The highest BCUT2D eigenvalue weighted by molar-refractivity contribution is 6.46. The van der Waals surface area contributed by atoms with Gasteiger partial charge in [0.15, 0.2) is 0 Å². The van der Waals surface area contributed by atoms with Crippen molar-refractivity contribution in [2.24, 2.45) is 0 Å². The second kappa shape index (κ2) is 8.52. The van der Waals surface area contributed by atoms with E-state index in [-0.39, 0.29) is 17.9 Å². The van der Waals surface area contributed by atoms with Crippen molar-refractivity contribution < 1.29 is 23.8 Å². The van der Waals surface area contributed by atoms with Crippen LogP contribution in [-0.2, 0) is 22.6 Å². The zero-order valence-electron chi connectivity index (χ0n) is 17.4. The Morgan fingerprint density at radius 3 is 2.35 bits per heavy atom. The van der Waals surface area contributed by atoms with Crippen molar-refractivity contribution >= 4 is 17.4 Å². The Morgan fingerprint density at radius 1 is 1.06 bits per heavy atom. The number of aliphatic hydroxyl groups excluding tert-OH is 1. The summed E-state index contributed by atoms with van der Waals surface area (Å²) in [6.45, 7) is 2.18. The smallest absolute Gasteiger partial charge is 0.296 e. The van der Waals surface area contributed by atoms with Crippen LogP contribution >= 0.6 is 0 Å². The van der Waals surface area contributed by atoms with Crippen molar-refractivity contribution in [1.29, 1.82) is 0 Å². The summed E-state index contributed by atoms with van der Waals surface area (Å²) in [5, 5.41) is 11.1. The van der Waals surface area contributed by atoms with E-state index in [1.165, 1.54) is 11.2 Å². The first-order valence-electron chi connectivity index (χ1n) is 10.1. The summed E-state index contributed by atoms with van der Waals surface area (Å²) < 4.78 is 10.6. The minimum absolute atomic E-state index is 0.0611. The van der Waals surface area contributed by atoms with Gasteiger partial charge in [0.2, 0.25) is 0 Å². The molecule has 158 valence electrons. The average molecular weight is 417 g/mol. The van der Waals surface area contributed by atoms with Gasteiger partial charge < -0.3 is 19.2 Å². The Balaban J connectivity index is 1.83. The maximum absolute atomic E-state index is 13.0. The van der Waals surface area contributed by atoms with Crippen LogP contribution in [0.25, 0.3) is 5.76 Å². The first-order chi connectivity index (χ1) is 15.0. The second-order valence-corrected chi connectivity index (χ2v) is 7.33. The van der Waals surface area contributed by atoms with Gasteiger partial charge in [0, 0.05) is 5.56 Å². The topological polar surface area (TPSA) is 80.0 Å². The summed E-state index contributed by atoms with van der Waals surface area (Å²) in [7, 11) is 1.55. The molecular formula is C25H23NO5. The summed E-state index contributed by atoms with van der Waals surface area (Å²) >= 11 is 0. The molecule has 1 N–H and O–H groups in total. The Labute approximate surface area is 180 Å². The van der Waals surface area contributed by atoms with Gasteiger partial charge in [0.05, 0.1) is 31.5 Å². The van der Waals surface area contributed by atoms with Gasteiger partial charge in [-0.2, -0.15) is 0 Å². The minimum atomic E-state index is -0.724. The Kier molecular flexibility index (Phi) is 5.62. The third-order valence-corrected chi connectivity index (χ3v) is 5.51. The van der Waals surface area contributed by atoms with E-state index in [1.54, 1.807) is 43.5 Å². The van der Waals surface area contributed by atoms with Crippen LogP contribution in [0.15, 0.2) is 76.9 Å². The summed E-state index contributed by atoms with van der Waals surface area (Å²) in [5.74, 6) is -0.420. The molecule has 6 heteroatoms. The molecule has 0 aliphatic carbocycles. The van der Waals surface area contributed by atoms with Gasteiger partial charge in [-0.25, -0.2) is 0 Å². The molecule has 1 fully saturated rings. The number of methoxy groups -OCH3 is 1. The number of hydrogen-bond donors (Lipinski definition) is 1. The summed E-state index contributed by atoms with van der Waals surface area (Å²) in [6, 6.07) is 17.2. The summed E-state index contributed by atoms with van der Waals surface area (Å²) in [6.07, 6.45) is 2.40. The first kappa shape index (κ1) is 20.5.